The number of hydrogen-bond donors (Lipinski definition) is 1. The molecule has 0 aliphatic rings. The van der Waals surface area contributed by atoms with Crippen LogP contribution in [0.3, 0.4) is 0 Å². The van der Waals surface area contributed by atoms with Gasteiger partial charge in [0.15, 0.2) is 0 Å². The predicted octanol–water partition coefficient (Wildman–Crippen LogP) is 2.95. The van der Waals surface area contributed by atoms with Crippen LogP contribution in [-0.4, -0.2) is 23.0 Å². The number of esters is 1. The number of H-pyrrole nitrogens is 1. The normalized spacial score (nSPS) is 10.0. The van der Waals surface area contributed by atoms with E-state index in [1.54, 1.807) is 6.20 Å². The average Bonchev–Trinajstić information content (AvgIpc) is 2.94. The van der Waals surface area contributed by atoms with E-state index >= 15 is 0 Å². The number of ether oxygens (including phenoxy) is 1. The second-order valence-corrected chi connectivity index (χ2v) is 4.74. The van der Waals surface area contributed by atoms with Gasteiger partial charge < -0.3 is 9.72 Å². The van der Waals surface area contributed by atoms with Gasteiger partial charge in [-0.15, -0.1) is 0 Å². The van der Waals surface area contributed by atoms with Gasteiger partial charge in [-0.2, -0.15) is 0 Å². The van der Waals surface area contributed by atoms with Gasteiger partial charge >= 0.3 is 5.97 Å². The zero-order chi connectivity index (χ0) is 15.4. The van der Waals surface area contributed by atoms with Crippen LogP contribution in [0.1, 0.15) is 5.56 Å². The zero-order valence-corrected chi connectivity index (χ0v) is 12.1. The lowest BCUT2D eigenvalue weighted by Crippen LogP contribution is -1.95. The molecule has 4 heteroatoms. The fourth-order valence-electron chi connectivity index (χ4n) is 2.40. The molecule has 0 unspecified atom stereocenters. The molecule has 108 valence electrons. The maximum absolute atomic E-state index is 11.1. The van der Waals surface area contributed by atoms with E-state index in [1.165, 1.54) is 7.11 Å². The maximum Gasteiger partial charge on any atom is 0.384 e. The number of benzene rings is 1. The molecule has 0 aliphatic carbocycles. The largest absolute Gasteiger partial charge is 0.459 e. The molecule has 1 N–H and O–H groups in total. The Balaban J connectivity index is 2.09. The smallest absolute Gasteiger partial charge is 0.384 e. The number of fused-ring (bicyclic) bond motifs is 1. The zero-order valence-electron chi connectivity index (χ0n) is 12.1. The number of rotatable bonds is 2. The lowest BCUT2D eigenvalue weighted by Gasteiger charge is -2.01. The van der Waals surface area contributed by atoms with Crippen molar-refractivity contribution in [2.45, 2.75) is 6.42 Å². The van der Waals surface area contributed by atoms with Crippen LogP contribution >= 0.6 is 0 Å². The summed E-state index contributed by atoms with van der Waals surface area (Å²) in [4.78, 5) is 18.7. The molecule has 3 rings (SSSR count). The van der Waals surface area contributed by atoms with Crippen LogP contribution in [0.15, 0.2) is 48.8 Å². The molecule has 0 fully saturated rings. The fraction of sp³-hybridized carbons (Fsp3) is 0.111. The van der Waals surface area contributed by atoms with Gasteiger partial charge in [0.1, 0.15) is 0 Å². The molecule has 2 heterocycles. The molecule has 0 atom stereocenters. The highest BCUT2D eigenvalue weighted by atomic mass is 16.5. The second kappa shape index (κ2) is 6.15. The van der Waals surface area contributed by atoms with Crippen LogP contribution < -0.4 is 0 Å². The molecule has 0 aliphatic heterocycles. The highest BCUT2D eigenvalue weighted by Gasteiger charge is 2.12. The highest BCUT2D eigenvalue weighted by Crippen LogP contribution is 2.30. The average molecular weight is 290 g/mol. The predicted molar refractivity (Wildman–Crippen MR) is 85.0 cm³/mol. The summed E-state index contributed by atoms with van der Waals surface area (Å²) in [5.74, 6) is 4.82. The van der Waals surface area contributed by atoms with Crippen LogP contribution in [0, 0.1) is 11.8 Å². The molecule has 0 saturated heterocycles. The molecule has 0 saturated carbocycles. The lowest BCUT2D eigenvalue weighted by molar-refractivity contribution is -0.133. The Morgan fingerprint density at radius 1 is 1.27 bits per heavy atom. The van der Waals surface area contributed by atoms with Gasteiger partial charge in [0.05, 0.1) is 12.8 Å². The first kappa shape index (κ1) is 13.9. The molecular formula is C18H14N2O2. The third kappa shape index (κ3) is 2.70. The number of nitrogens with zero attached hydrogens (tertiary/aromatic N) is 1. The topological polar surface area (TPSA) is 55.0 Å². The van der Waals surface area contributed by atoms with Crippen LogP contribution in [0.2, 0.25) is 0 Å². The Hall–Kier alpha value is -3.06. The number of para-hydroxylation sites is 1. The van der Waals surface area contributed by atoms with Gasteiger partial charge in [0, 0.05) is 41.2 Å². The van der Waals surface area contributed by atoms with Crippen LogP contribution in [0.5, 0.6) is 0 Å². The summed E-state index contributed by atoms with van der Waals surface area (Å²) in [7, 11) is 1.32. The second-order valence-electron chi connectivity index (χ2n) is 4.74. The number of aromatic amines is 1. The molecule has 3 aromatic rings. The Labute approximate surface area is 128 Å². The molecule has 2 aromatic heterocycles. The van der Waals surface area contributed by atoms with Crippen LogP contribution in [0.25, 0.3) is 22.2 Å². The summed E-state index contributed by atoms with van der Waals surface area (Å²) in [6, 6.07) is 11.9. The van der Waals surface area contributed by atoms with Gasteiger partial charge in [0.25, 0.3) is 0 Å². The van der Waals surface area contributed by atoms with Crippen molar-refractivity contribution in [3.05, 3.63) is 54.4 Å². The van der Waals surface area contributed by atoms with E-state index in [9.17, 15) is 4.79 Å². The number of methoxy groups -OCH3 is 1. The molecule has 0 bridgehead atoms. The van der Waals surface area contributed by atoms with Crippen LogP contribution in [-0.2, 0) is 16.0 Å². The van der Waals surface area contributed by atoms with E-state index in [4.69, 9.17) is 0 Å². The summed E-state index contributed by atoms with van der Waals surface area (Å²) in [5.41, 5.74) is 4.07. The lowest BCUT2D eigenvalue weighted by atomic mass is 10.0. The first-order chi connectivity index (χ1) is 10.8. The van der Waals surface area contributed by atoms with Crippen molar-refractivity contribution < 1.29 is 9.53 Å². The SMILES string of the molecule is COC(=O)C#CCc1c(-c2cccnc2)[nH]c2ccccc12. The Morgan fingerprint density at radius 2 is 2.14 bits per heavy atom. The Kier molecular flexibility index (Phi) is 3.88. The number of carbonyl (C=O) groups excluding carboxylic acids is 1. The maximum atomic E-state index is 11.1. The first-order valence-electron chi connectivity index (χ1n) is 6.86. The molecule has 0 spiro atoms. The van der Waals surface area contributed by atoms with Gasteiger partial charge in [-0.25, -0.2) is 4.79 Å². The minimum Gasteiger partial charge on any atom is -0.459 e. The third-order valence-corrected chi connectivity index (χ3v) is 3.40. The standard InChI is InChI=1S/C18H14N2O2/c1-22-17(21)10-4-8-15-14-7-2-3-9-16(14)20-18(15)13-6-5-11-19-12-13/h2-3,5-7,9,11-12,20H,8H2,1H3. The summed E-state index contributed by atoms with van der Waals surface area (Å²) in [6.07, 6.45) is 4.01. The highest BCUT2D eigenvalue weighted by molar-refractivity contribution is 5.92. The van der Waals surface area contributed by atoms with Gasteiger partial charge in [-0.05, 0) is 23.8 Å². The van der Waals surface area contributed by atoms with Crippen molar-refractivity contribution in [3.63, 3.8) is 0 Å². The number of pyridine rings is 1. The van der Waals surface area contributed by atoms with E-state index in [-0.39, 0.29) is 0 Å². The van der Waals surface area contributed by atoms with E-state index in [1.807, 2.05) is 42.6 Å². The van der Waals surface area contributed by atoms with Crippen molar-refractivity contribution in [1.29, 1.82) is 0 Å². The Morgan fingerprint density at radius 3 is 2.91 bits per heavy atom. The molecule has 4 nitrogen and oxygen atoms in total. The van der Waals surface area contributed by atoms with E-state index in [0.29, 0.717) is 6.42 Å². The number of aromatic nitrogens is 2. The summed E-state index contributed by atoms with van der Waals surface area (Å²) < 4.78 is 4.54. The first-order valence-corrected chi connectivity index (χ1v) is 6.86. The van der Waals surface area contributed by atoms with Gasteiger partial charge in [-0.1, -0.05) is 24.1 Å². The van der Waals surface area contributed by atoms with Crippen molar-refractivity contribution in [2.75, 3.05) is 7.11 Å². The number of nitrogens with one attached hydrogen (secondary N) is 1. The van der Waals surface area contributed by atoms with Gasteiger partial charge in [0.2, 0.25) is 0 Å². The molecular weight excluding hydrogens is 276 g/mol. The molecule has 1 aromatic carbocycles. The quantitative estimate of drug-likeness (QED) is 0.448. The van der Waals surface area contributed by atoms with Crippen molar-refractivity contribution in [1.82, 2.24) is 9.97 Å². The van der Waals surface area contributed by atoms with E-state index in [0.717, 1.165) is 27.7 Å². The molecule has 22 heavy (non-hydrogen) atoms. The fourth-order valence-corrected chi connectivity index (χ4v) is 2.40. The summed E-state index contributed by atoms with van der Waals surface area (Å²) in [5, 5.41) is 1.10. The number of hydrogen-bond acceptors (Lipinski definition) is 3. The molecule has 0 radical (unpaired) electrons. The third-order valence-electron chi connectivity index (χ3n) is 3.40. The van der Waals surface area contributed by atoms with Crippen molar-refractivity contribution in [3.8, 4) is 23.1 Å². The number of carbonyl (C=O) groups is 1. The minimum absolute atomic E-state index is 0.462. The van der Waals surface area contributed by atoms with E-state index in [2.05, 4.69) is 26.5 Å². The van der Waals surface area contributed by atoms with E-state index < -0.39 is 5.97 Å². The van der Waals surface area contributed by atoms with Crippen LogP contribution in [0.4, 0.5) is 0 Å². The monoisotopic (exact) mass is 290 g/mol. The van der Waals surface area contributed by atoms with Gasteiger partial charge in [-0.3, -0.25) is 4.98 Å². The molecule has 0 amide bonds. The Bertz CT molecular complexity index is 870. The van der Waals surface area contributed by atoms with Crippen molar-refractivity contribution >= 4 is 16.9 Å². The summed E-state index contributed by atoms with van der Waals surface area (Å²) >= 11 is 0. The minimum atomic E-state index is -0.525. The van der Waals surface area contributed by atoms with Crippen molar-refractivity contribution in [2.24, 2.45) is 0 Å². The summed E-state index contributed by atoms with van der Waals surface area (Å²) in [6.45, 7) is 0.